The third kappa shape index (κ3) is 3.64. The van der Waals surface area contributed by atoms with Crippen LogP contribution in [0.4, 0.5) is 0 Å². The summed E-state index contributed by atoms with van der Waals surface area (Å²) in [5, 5.41) is 11.5. The van der Waals surface area contributed by atoms with E-state index in [0.717, 1.165) is 41.5 Å². The van der Waals surface area contributed by atoms with Gasteiger partial charge in [-0.05, 0) is 54.0 Å². The van der Waals surface area contributed by atoms with Gasteiger partial charge in [0.2, 0.25) is 11.8 Å². The molecule has 0 aliphatic heterocycles. The number of hydrogen-bond acceptors (Lipinski definition) is 4. The molecule has 4 nitrogen and oxygen atoms in total. The van der Waals surface area contributed by atoms with E-state index in [0.29, 0.717) is 11.8 Å². The van der Waals surface area contributed by atoms with E-state index in [1.54, 1.807) is 0 Å². The van der Waals surface area contributed by atoms with Crippen molar-refractivity contribution in [2.45, 2.75) is 26.7 Å². The van der Waals surface area contributed by atoms with Gasteiger partial charge in [-0.1, -0.05) is 19.1 Å². The smallest absolute Gasteiger partial charge is 0.248 e. The maximum absolute atomic E-state index is 5.71. The monoisotopic (exact) mass is 323 g/mol. The topological polar surface area (TPSA) is 51.0 Å². The summed E-state index contributed by atoms with van der Waals surface area (Å²) in [6.45, 7) is 6.11. The molecule has 2 aromatic rings. The van der Waals surface area contributed by atoms with Gasteiger partial charge in [0.05, 0.1) is 5.56 Å². The van der Waals surface area contributed by atoms with Crippen molar-refractivity contribution in [3.63, 3.8) is 0 Å². The van der Waals surface area contributed by atoms with Gasteiger partial charge in [0.1, 0.15) is 0 Å². The second-order valence-corrected chi connectivity index (χ2v) is 5.19. The summed E-state index contributed by atoms with van der Waals surface area (Å²) in [7, 11) is 0. The molecule has 2 rings (SSSR count). The number of rotatable bonds is 6. The van der Waals surface area contributed by atoms with Crippen LogP contribution >= 0.6 is 15.9 Å². The first-order valence-electron chi connectivity index (χ1n) is 6.51. The fraction of sp³-hybridized carbons (Fsp3) is 0.429. The molecule has 0 spiro atoms. The van der Waals surface area contributed by atoms with Gasteiger partial charge in [0.25, 0.3) is 0 Å². The number of aryl methyl sites for hydroxylation is 2. The first-order valence-corrected chi connectivity index (χ1v) is 7.30. The molecule has 1 heterocycles. The Bertz CT molecular complexity index is 539. The number of hydrogen-bond donors (Lipinski definition) is 1. The van der Waals surface area contributed by atoms with Crippen LogP contribution in [0.2, 0.25) is 0 Å². The molecule has 19 heavy (non-hydrogen) atoms. The van der Waals surface area contributed by atoms with Gasteiger partial charge in [0, 0.05) is 10.9 Å². The predicted octanol–water partition coefficient (Wildman–Crippen LogP) is 3.35. The van der Waals surface area contributed by atoms with Crippen LogP contribution < -0.4 is 5.32 Å². The van der Waals surface area contributed by atoms with Crippen molar-refractivity contribution in [2.75, 3.05) is 13.1 Å². The van der Waals surface area contributed by atoms with Crippen LogP contribution in [-0.2, 0) is 6.42 Å². The molecular formula is C14H18BrN3O. The molecule has 0 unspecified atom stereocenters. The molecule has 0 radical (unpaired) electrons. The van der Waals surface area contributed by atoms with E-state index in [9.17, 15) is 0 Å². The summed E-state index contributed by atoms with van der Waals surface area (Å²) in [5.74, 6) is 1.27. The summed E-state index contributed by atoms with van der Waals surface area (Å²) in [4.78, 5) is 0. The molecule has 0 aliphatic rings. The van der Waals surface area contributed by atoms with E-state index in [1.807, 2.05) is 25.1 Å². The van der Waals surface area contributed by atoms with E-state index in [1.165, 1.54) is 0 Å². The first-order chi connectivity index (χ1) is 9.22. The zero-order valence-corrected chi connectivity index (χ0v) is 12.8. The van der Waals surface area contributed by atoms with E-state index >= 15 is 0 Å². The highest BCUT2D eigenvalue weighted by atomic mass is 79.9. The van der Waals surface area contributed by atoms with Crippen LogP contribution in [0.15, 0.2) is 27.1 Å². The fourth-order valence-corrected chi connectivity index (χ4v) is 2.25. The Kier molecular flexibility index (Phi) is 5.10. The van der Waals surface area contributed by atoms with E-state index in [-0.39, 0.29) is 0 Å². The molecule has 0 fully saturated rings. The molecular weight excluding hydrogens is 306 g/mol. The van der Waals surface area contributed by atoms with Crippen molar-refractivity contribution in [1.82, 2.24) is 15.5 Å². The van der Waals surface area contributed by atoms with Crippen LogP contribution in [0, 0.1) is 6.92 Å². The molecule has 0 bridgehead atoms. The number of benzene rings is 1. The van der Waals surface area contributed by atoms with Crippen molar-refractivity contribution in [3.05, 3.63) is 34.1 Å². The van der Waals surface area contributed by atoms with Crippen LogP contribution in [0.5, 0.6) is 0 Å². The Morgan fingerprint density at radius 1 is 1.32 bits per heavy atom. The van der Waals surface area contributed by atoms with Crippen molar-refractivity contribution in [3.8, 4) is 11.5 Å². The molecule has 102 valence electrons. The minimum absolute atomic E-state index is 0.578. The standard InChI is InChI=1S/C14H18BrN3O/c1-3-16-9-5-8-12-17-18-14(19-12)11-7-4-6-10(2)13(11)15/h4,6-7,16H,3,5,8-9H2,1-2H3. The minimum Gasteiger partial charge on any atom is -0.421 e. The molecule has 0 saturated carbocycles. The SMILES string of the molecule is CCNCCCc1nnc(-c2cccc(C)c2Br)o1. The Balaban J connectivity index is 2.06. The number of nitrogens with one attached hydrogen (secondary N) is 1. The van der Waals surface area contributed by atoms with Crippen molar-refractivity contribution < 1.29 is 4.42 Å². The quantitative estimate of drug-likeness (QED) is 0.828. The molecule has 0 aliphatic carbocycles. The van der Waals surface area contributed by atoms with E-state index in [4.69, 9.17) is 4.42 Å². The summed E-state index contributed by atoms with van der Waals surface area (Å²) in [6, 6.07) is 6.01. The van der Waals surface area contributed by atoms with E-state index in [2.05, 4.69) is 38.4 Å². The Hall–Kier alpha value is -1.20. The van der Waals surface area contributed by atoms with Crippen LogP contribution in [-0.4, -0.2) is 23.3 Å². The van der Waals surface area contributed by atoms with Gasteiger partial charge < -0.3 is 9.73 Å². The second-order valence-electron chi connectivity index (χ2n) is 4.39. The van der Waals surface area contributed by atoms with Gasteiger partial charge in [-0.3, -0.25) is 0 Å². The second kappa shape index (κ2) is 6.82. The Labute approximate surface area is 121 Å². The van der Waals surface area contributed by atoms with Crippen LogP contribution in [0.3, 0.4) is 0 Å². The van der Waals surface area contributed by atoms with Gasteiger partial charge in [-0.15, -0.1) is 10.2 Å². The lowest BCUT2D eigenvalue weighted by Gasteiger charge is -2.02. The average molecular weight is 324 g/mol. The van der Waals surface area contributed by atoms with Gasteiger partial charge in [-0.2, -0.15) is 0 Å². The zero-order valence-electron chi connectivity index (χ0n) is 11.2. The normalized spacial score (nSPS) is 10.9. The lowest BCUT2D eigenvalue weighted by molar-refractivity contribution is 0.492. The molecule has 0 atom stereocenters. The van der Waals surface area contributed by atoms with E-state index < -0.39 is 0 Å². The highest BCUT2D eigenvalue weighted by Crippen LogP contribution is 2.29. The van der Waals surface area contributed by atoms with Crippen molar-refractivity contribution >= 4 is 15.9 Å². The fourth-order valence-electron chi connectivity index (χ4n) is 1.82. The lowest BCUT2D eigenvalue weighted by atomic mass is 10.1. The summed E-state index contributed by atoms with van der Waals surface area (Å²) in [6.07, 6.45) is 1.81. The first kappa shape index (κ1) is 14.2. The summed E-state index contributed by atoms with van der Waals surface area (Å²) < 4.78 is 6.72. The highest BCUT2D eigenvalue weighted by molar-refractivity contribution is 9.10. The maximum atomic E-state index is 5.71. The molecule has 5 heteroatoms. The third-order valence-electron chi connectivity index (χ3n) is 2.88. The minimum atomic E-state index is 0.578. The lowest BCUT2D eigenvalue weighted by Crippen LogP contribution is -2.14. The molecule has 0 amide bonds. The third-order valence-corrected chi connectivity index (χ3v) is 3.94. The van der Waals surface area contributed by atoms with Gasteiger partial charge in [0.15, 0.2) is 0 Å². The summed E-state index contributed by atoms with van der Waals surface area (Å²) in [5.41, 5.74) is 2.11. The molecule has 0 saturated heterocycles. The Morgan fingerprint density at radius 3 is 2.95 bits per heavy atom. The average Bonchev–Trinajstić information content (AvgIpc) is 2.87. The molecule has 1 aromatic heterocycles. The number of aromatic nitrogens is 2. The Morgan fingerprint density at radius 2 is 2.16 bits per heavy atom. The zero-order chi connectivity index (χ0) is 13.7. The van der Waals surface area contributed by atoms with Crippen LogP contribution in [0.25, 0.3) is 11.5 Å². The molecule has 1 aromatic carbocycles. The number of nitrogens with zero attached hydrogens (tertiary/aromatic N) is 2. The van der Waals surface area contributed by atoms with Gasteiger partial charge >= 0.3 is 0 Å². The van der Waals surface area contributed by atoms with Crippen molar-refractivity contribution in [1.29, 1.82) is 0 Å². The largest absolute Gasteiger partial charge is 0.421 e. The van der Waals surface area contributed by atoms with Crippen molar-refractivity contribution in [2.24, 2.45) is 0 Å². The summed E-state index contributed by atoms with van der Waals surface area (Å²) >= 11 is 3.56. The van der Waals surface area contributed by atoms with Crippen LogP contribution in [0.1, 0.15) is 24.8 Å². The predicted molar refractivity (Wildman–Crippen MR) is 79.0 cm³/mol. The van der Waals surface area contributed by atoms with Gasteiger partial charge in [-0.25, -0.2) is 0 Å². The molecule has 1 N–H and O–H groups in total. The number of halogens is 1. The highest BCUT2D eigenvalue weighted by Gasteiger charge is 2.12. The maximum Gasteiger partial charge on any atom is 0.248 e.